The summed E-state index contributed by atoms with van der Waals surface area (Å²) in [7, 11) is -2.15. The van der Waals surface area contributed by atoms with Crippen molar-refractivity contribution in [3.05, 3.63) is 93.5 Å². The van der Waals surface area contributed by atoms with E-state index in [1.54, 1.807) is 31.4 Å². The number of rotatable bonds is 8. The van der Waals surface area contributed by atoms with Gasteiger partial charge < -0.3 is 10.1 Å². The molecule has 9 heteroatoms. The number of carbonyl (C=O) groups is 1. The Morgan fingerprint density at radius 1 is 0.871 bits per heavy atom. The number of carbonyl (C=O) groups excluding carboxylic acids is 1. The van der Waals surface area contributed by atoms with Crippen LogP contribution in [0.4, 0.5) is 0 Å². The van der Waals surface area contributed by atoms with Crippen LogP contribution < -0.4 is 14.8 Å². The van der Waals surface area contributed by atoms with Crippen LogP contribution in [0.5, 0.6) is 5.75 Å². The van der Waals surface area contributed by atoms with Crippen LogP contribution in [0.15, 0.2) is 71.6 Å². The molecule has 0 aromatic heterocycles. The van der Waals surface area contributed by atoms with E-state index in [0.717, 1.165) is 11.3 Å². The van der Waals surface area contributed by atoms with Crippen molar-refractivity contribution in [2.75, 3.05) is 7.11 Å². The van der Waals surface area contributed by atoms with Crippen molar-refractivity contribution in [1.29, 1.82) is 0 Å². The predicted octanol–water partition coefficient (Wildman–Crippen LogP) is 4.41. The van der Waals surface area contributed by atoms with Gasteiger partial charge in [0.25, 0.3) is 5.91 Å². The van der Waals surface area contributed by atoms with Crippen molar-refractivity contribution >= 4 is 39.1 Å². The quantitative estimate of drug-likeness (QED) is 0.502. The minimum absolute atomic E-state index is 0.0245. The molecule has 0 fully saturated rings. The number of sulfonamides is 1. The van der Waals surface area contributed by atoms with E-state index in [9.17, 15) is 13.2 Å². The Hall–Kier alpha value is -2.58. The molecule has 3 rings (SSSR count). The van der Waals surface area contributed by atoms with Gasteiger partial charge in [0.1, 0.15) is 5.75 Å². The van der Waals surface area contributed by atoms with Gasteiger partial charge in [-0.05, 0) is 53.6 Å². The highest BCUT2D eigenvalue weighted by Crippen LogP contribution is 2.24. The number of hydrogen-bond donors (Lipinski definition) is 2. The van der Waals surface area contributed by atoms with E-state index in [1.165, 1.54) is 18.2 Å². The van der Waals surface area contributed by atoms with Crippen LogP contribution in [0.2, 0.25) is 10.0 Å². The maximum atomic E-state index is 12.4. The summed E-state index contributed by atoms with van der Waals surface area (Å²) >= 11 is 11.7. The van der Waals surface area contributed by atoms with Crippen molar-refractivity contribution in [2.45, 2.75) is 18.0 Å². The first-order valence-electron chi connectivity index (χ1n) is 9.23. The summed E-state index contributed by atoms with van der Waals surface area (Å²) in [4.78, 5) is 12.4. The lowest BCUT2D eigenvalue weighted by Crippen LogP contribution is -2.24. The second-order valence-electron chi connectivity index (χ2n) is 6.63. The molecule has 3 aromatic rings. The van der Waals surface area contributed by atoms with Crippen LogP contribution in [0.25, 0.3) is 0 Å². The maximum absolute atomic E-state index is 12.4. The van der Waals surface area contributed by atoms with Crippen molar-refractivity contribution in [2.24, 2.45) is 0 Å². The molecule has 2 N–H and O–H groups in total. The van der Waals surface area contributed by atoms with Gasteiger partial charge in [-0.2, -0.15) is 0 Å². The molecule has 0 spiro atoms. The molecular weight excluding hydrogens is 459 g/mol. The maximum Gasteiger partial charge on any atom is 0.251 e. The normalized spacial score (nSPS) is 11.2. The number of hydrogen-bond acceptors (Lipinski definition) is 4. The summed E-state index contributed by atoms with van der Waals surface area (Å²) < 4.78 is 32.5. The third kappa shape index (κ3) is 6.21. The van der Waals surface area contributed by atoms with Gasteiger partial charge in [0.05, 0.1) is 22.1 Å². The number of methoxy groups -OCH3 is 1. The molecule has 0 bridgehead atoms. The van der Waals surface area contributed by atoms with Crippen LogP contribution in [0.3, 0.4) is 0 Å². The minimum atomic E-state index is -3.75. The summed E-state index contributed by atoms with van der Waals surface area (Å²) in [6.07, 6.45) is 0. The Bertz CT molecular complexity index is 1170. The lowest BCUT2D eigenvalue weighted by Gasteiger charge is -2.09. The molecule has 0 unspecified atom stereocenters. The van der Waals surface area contributed by atoms with Crippen molar-refractivity contribution in [1.82, 2.24) is 10.0 Å². The highest BCUT2D eigenvalue weighted by atomic mass is 35.5. The molecule has 0 aliphatic carbocycles. The fourth-order valence-electron chi connectivity index (χ4n) is 2.71. The minimum Gasteiger partial charge on any atom is -0.497 e. The molecule has 3 aromatic carbocycles. The zero-order valence-electron chi connectivity index (χ0n) is 16.6. The molecule has 0 radical (unpaired) electrons. The van der Waals surface area contributed by atoms with Gasteiger partial charge >= 0.3 is 0 Å². The average molecular weight is 479 g/mol. The van der Waals surface area contributed by atoms with Crippen molar-refractivity contribution < 1.29 is 17.9 Å². The fraction of sp³-hybridized carbons (Fsp3) is 0.136. The first kappa shape index (κ1) is 23.1. The molecule has 0 saturated carbocycles. The van der Waals surface area contributed by atoms with E-state index in [4.69, 9.17) is 27.9 Å². The number of nitrogens with one attached hydrogen (secondary N) is 2. The molecule has 1 amide bonds. The molecule has 0 aliphatic heterocycles. The van der Waals surface area contributed by atoms with Gasteiger partial charge in [-0.3, -0.25) is 4.79 Å². The highest BCUT2D eigenvalue weighted by Gasteiger charge is 2.15. The van der Waals surface area contributed by atoms with E-state index in [-0.39, 0.29) is 27.4 Å². The zero-order chi connectivity index (χ0) is 22.4. The van der Waals surface area contributed by atoms with E-state index in [2.05, 4.69) is 10.0 Å². The lowest BCUT2D eigenvalue weighted by atomic mass is 10.1. The summed E-state index contributed by atoms with van der Waals surface area (Å²) in [5.74, 6) is 0.527. The molecule has 0 atom stereocenters. The smallest absolute Gasteiger partial charge is 0.251 e. The van der Waals surface area contributed by atoms with Gasteiger partial charge in [-0.25, -0.2) is 13.1 Å². The summed E-state index contributed by atoms with van der Waals surface area (Å²) in [6.45, 7) is 0.449. The average Bonchev–Trinajstić information content (AvgIpc) is 2.78. The monoisotopic (exact) mass is 478 g/mol. The molecule has 0 heterocycles. The van der Waals surface area contributed by atoms with E-state index in [1.807, 2.05) is 24.3 Å². The van der Waals surface area contributed by atoms with E-state index in [0.29, 0.717) is 17.7 Å². The molecule has 0 aliphatic rings. The third-order valence-corrected chi connectivity index (χ3v) is 6.63. The highest BCUT2D eigenvalue weighted by molar-refractivity contribution is 7.89. The number of benzene rings is 3. The third-order valence-electron chi connectivity index (χ3n) is 4.50. The first-order chi connectivity index (χ1) is 14.8. The molecule has 31 heavy (non-hydrogen) atoms. The SMILES string of the molecule is COc1ccc(CNC(=O)c2ccc(CNS(=O)(=O)c3ccc(Cl)c(Cl)c3)cc2)cc1. The van der Waals surface area contributed by atoms with E-state index >= 15 is 0 Å². The molecule has 0 saturated heterocycles. The second-order valence-corrected chi connectivity index (χ2v) is 9.21. The van der Waals surface area contributed by atoms with Crippen molar-refractivity contribution in [3.63, 3.8) is 0 Å². The predicted molar refractivity (Wildman–Crippen MR) is 121 cm³/mol. The number of amides is 1. The zero-order valence-corrected chi connectivity index (χ0v) is 18.9. The second kappa shape index (κ2) is 10.2. The van der Waals surface area contributed by atoms with E-state index < -0.39 is 10.0 Å². The summed E-state index contributed by atoms with van der Waals surface area (Å²) in [6, 6.07) is 18.2. The Balaban J connectivity index is 1.56. The Labute approximate surface area is 191 Å². The van der Waals surface area contributed by atoms with Crippen LogP contribution in [-0.2, 0) is 23.1 Å². The first-order valence-corrected chi connectivity index (χ1v) is 11.5. The van der Waals surface area contributed by atoms with Crippen LogP contribution in [0.1, 0.15) is 21.5 Å². The Morgan fingerprint density at radius 2 is 1.48 bits per heavy atom. The van der Waals surface area contributed by atoms with Crippen LogP contribution in [-0.4, -0.2) is 21.4 Å². The lowest BCUT2D eigenvalue weighted by molar-refractivity contribution is 0.0951. The van der Waals surface area contributed by atoms with Gasteiger partial charge in [0, 0.05) is 18.7 Å². The van der Waals surface area contributed by atoms with Crippen LogP contribution in [0, 0.1) is 0 Å². The largest absolute Gasteiger partial charge is 0.497 e. The molecule has 162 valence electrons. The number of ether oxygens (including phenoxy) is 1. The standard InChI is InChI=1S/C22H20Cl2N2O4S/c1-30-18-8-4-15(5-9-18)13-25-22(27)17-6-2-16(3-7-17)14-26-31(28,29)19-10-11-20(23)21(24)12-19/h2-12,26H,13-14H2,1H3,(H,25,27). The van der Waals surface area contributed by atoms with Gasteiger partial charge in [-0.15, -0.1) is 0 Å². The molecular formula is C22H20Cl2N2O4S. The summed E-state index contributed by atoms with van der Waals surface area (Å²) in [5.41, 5.74) is 2.13. The summed E-state index contributed by atoms with van der Waals surface area (Å²) in [5, 5.41) is 3.29. The van der Waals surface area contributed by atoms with Crippen molar-refractivity contribution in [3.8, 4) is 5.75 Å². The number of halogens is 2. The fourth-order valence-corrected chi connectivity index (χ4v) is 4.11. The Morgan fingerprint density at radius 3 is 2.10 bits per heavy atom. The molecule has 6 nitrogen and oxygen atoms in total. The Kier molecular flexibility index (Phi) is 7.56. The van der Waals surface area contributed by atoms with Gasteiger partial charge in [0.2, 0.25) is 10.0 Å². The topological polar surface area (TPSA) is 84.5 Å². The van der Waals surface area contributed by atoms with Gasteiger partial charge in [-0.1, -0.05) is 47.5 Å². The van der Waals surface area contributed by atoms with Gasteiger partial charge in [0.15, 0.2) is 0 Å². The van der Waals surface area contributed by atoms with Crippen LogP contribution >= 0.6 is 23.2 Å².